The minimum Gasteiger partial charge on any atom is -0.369 e. The lowest BCUT2D eigenvalue weighted by Crippen LogP contribution is -2.30. The Kier molecular flexibility index (Phi) is 3.46. The Bertz CT molecular complexity index is 145. The predicted octanol–water partition coefficient (Wildman–Crippen LogP) is -0.660. The zero-order valence-corrected chi connectivity index (χ0v) is 6.26. The molecule has 10 heavy (non-hydrogen) atoms. The van der Waals surface area contributed by atoms with Crippen molar-refractivity contribution < 1.29 is 9.59 Å². The first-order valence-corrected chi connectivity index (χ1v) is 3.10. The standard InChI is InChI=1S/C6H12N2O2/c1-3-8(2)6(10)4-5(7)9/h3-4H2,1-2H3,(H2,7,9). The Morgan fingerprint density at radius 2 is 2.00 bits per heavy atom. The van der Waals surface area contributed by atoms with Gasteiger partial charge in [0.1, 0.15) is 6.42 Å². The maximum absolute atomic E-state index is 10.8. The summed E-state index contributed by atoms with van der Waals surface area (Å²) in [6, 6.07) is 0. The first-order chi connectivity index (χ1) is 4.57. The molecular formula is C6H12N2O2. The van der Waals surface area contributed by atoms with E-state index in [4.69, 9.17) is 5.73 Å². The van der Waals surface area contributed by atoms with E-state index in [0.29, 0.717) is 6.54 Å². The molecule has 0 radical (unpaired) electrons. The lowest BCUT2D eigenvalue weighted by molar-refractivity contribution is -0.133. The summed E-state index contributed by atoms with van der Waals surface area (Å²) in [7, 11) is 1.63. The van der Waals surface area contributed by atoms with Crippen LogP contribution in [0.25, 0.3) is 0 Å². The Morgan fingerprint density at radius 3 is 2.30 bits per heavy atom. The van der Waals surface area contributed by atoms with Gasteiger partial charge in [-0.15, -0.1) is 0 Å². The Labute approximate surface area is 60.0 Å². The fourth-order valence-corrected chi connectivity index (χ4v) is 0.460. The molecule has 58 valence electrons. The van der Waals surface area contributed by atoms with E-state index in [0.717, 1.165) is 0 Å². The van der Waals surface area contributed by atoms with Crippen LogP contribution < -0.4 is 5.73 Å². The van der Waals surface area contributed by atoms with Crippen molar-refractivity contribution in [2.45, 2.75) is 13.3 Å². The van der Waals surface area contributed by atoms with Gasteiger partial charge in [-0.25, -0.2) is 0 Å². The molecule has 0 rings (SSSR count). The Morgan fingerprint density at radius 1 is 1.50 bits per heavy atom. The molecular weight excluding hydrogens is 132 g/mol. The average Bonchev–Trinajstić information content (AvgIpc) is 1.85. The maximum atomic E-state index is 10.8. The van der Waals surface area contributed by atoms with Crippen molar-refractivity contribution in [1.82, 2.24) is 4.90 Å². The molecule has 0 spiro atoms. The van der Waals surface area contributed by atoms with Crippen LogP contribution in [0.2, 0.25) is 0 Å². The minimum absolute atomic E-state index is 0.190. The maximum Gasteiger partial charge on any atom is 0.231 e. The van der Waals surface area contributed by atoms with Crippen molar-refractivity contribution in [3.8, 4) is 0 Å². The van der Waals surface area contributed by atoms with E-state index < -0.39 is 5.91 Å². The van der Waals surface area contributed by atoms with Crippen LogP contribution in [0.1, 0.15) is 13.3 Å². The fraction of sp³-hybridized carbons (Fsp3) is 0.667. The van der Waals surface area contributed by atoms with Gasteiger partial charge < -0.3 is 10.6 Å². The van der Waals surface area contributed by atoms with Crippen LogP contribution in [0, 0.1) is 0 Å². The van der Waals surface area contributed by atoms with Crippen molar-refractivity contribution in [1.29, 1.82) is 0 Å². The van der Waals surface area contributed by atoms with Crippen LogP contribution in [0.3, 0.4) is 0 Å². The van der Waals surface area contributed by atoms with Gasteiger partial charge in [0.15, 0.2) is 0 Å². The normalized spacial score (nSPS) is 9.00. The summed E-state index contributed by atoms with van der Waals surface area (Å²) in [5, 5.41) is 0. The van der Waals surface area contributed by atoms with Gasteiger partial charge >= 0.3 is 0 Å². The number of primary amides is 1. The average molecular weight is 144 g/mol. The van der Waals surface area contributed by atoms with Crippen molar-refractivity contribution in [2.75, 3.05) is 13.6 Å². The third kappa shape index (κ3) is 3.06. The smallest absolute Gasteiger partial charge is 0.231 e. The molecule has 0 fully saturated rings. The van der Waals surface area contributed by atoms with E-state index in [2.05, 4.69) is 0 Å². The van der Waals surface area contributed by atoms with Crippen molar-refractivity contribution in [3.05, 3.63) is 0 Å². The molecule has 0 aromatic carbocycles. The molecule has 0 atom stereocenters. The first-order valence-electron chi connectivity index (χ1n) is 3.10. The molecule has 2 N–H and O–H groups in total. The molecule has 0 aliphatic rings. The third-order valence-electron chi connectivity index (χ3n) is 1.23. The highest BCUT2D eigenvalue weighted by molar-refractivity contribution is 5.95. The molecule has 0 aromatic heterocycles. The second kappa shape index (κ2) is 3.87. The van der Waals surface area contributed by atoms with Gasteiger partial charge in [0.05, 0.1) is 0 Å². The van der Waals surface area contributed by atoms with Gasteiger partial charge in [-0.3, -0.25) is 9.59 Å². The highest BCUT2D eigenvalue weighted by Gasteiger charge is 2.08. The number of amides is 2. The monoisotopic (exact) mass is 144 g/mol. The van der Waals surface area contributed by atoms with E-state index in [9.17, 15) is 9.59 Å². The fourth-order valence-electron chi connectivity index (χ4n) is 0.460. The summed E-state index contributed by atoms with van der Waals surface area (Å²) in [4.78, 5) is 22.5. The van der Waals surface area contributed by atoms with E-state index in [-0.39, 0.29) is 12.3 Å². The van der Waals surface area contributed by atoms with Crippen LogP contribution in [0.4, 0.5) is 0 Å². The third-order valence-corrected chi connectivity index (χ3v) is 1.23. The summed E-state index contributed by atoms with van der Waals surface area (Å²) in [6.07, 6.45) is -0.190. The molecule has 0 bridgehead atoms. The molecule has 0 saturated heterocycles. The van der Waals surface area contributed by atoms with Crippen LogP contribution >= 0.6 is 0 Å². The predicted molar refractivity (Wildman–Crippen MR) is 37.1 cm³/mol. The number of carbonyl (C=O) groups is 2. The van der Waals surface area contributed by atoms with Gasteiger partial charge in [-0.05, 0) is 6.92 Å². The quantitative estimate of drug-likeness (QED) is 0.534. The number of nitrogens with two attached hydrogens (primary N) is 1. The summed E-state index contributed by atoms with van der Waals surface area (Å²) in [5.74, 6) is -0.805. The molecule has 2 amide bonds. The van der Waals surface area contributed by atoms with E-state index in [1.165, 1.54) is 4.90 Å². The van der Waals surface area contributed by atoms with Crippen LogP contribution in [0.15, 0.2) is 0 Å². The van der Waals surface area contributed by atoms with Crippen molar-refractivity contribution in [3.63, 3.8) is 0 Å². The lowest BCUT2D eigenvalue weighted by atomic mass is 10.3. The van der Waals surface area contributed by atoms with Gasteiger partial charge in [-0.2, -0.15) is 0 Å². The lowest BCUT2D eigenvalue weighted by Gasteiger charge is -2.12. The molecule has 0 aliphatic carbocycles. The Hall–Kier alpha value is -1.06. The van der Waals surface area contributed by atoms with E-state index in [1.807, 2.05) is 6.92 Å². The molecule has 0 aromatic rings. The summed E-state index contributed by atoms with van der Waals surface area (Å²) >= 11 is 0. The largest absolute Gasteiger partial charge is 0.369 e. The molecule has 0 heterocycles. The van der Waals surface area contributed by atoms with Crippen LogP contribution in [0.5, 0.6) is 0 Å². The zero-order chi connectivity index (χ0) is 8.15. The molecule has 4 nitrogen and oxygen atoms in total. The van der Waals surface area contributed by atoms with Gasteiger partial charge in [-0.1, -0.05) is 0 Å². The van der Waals surface area contributed by atoms with Crippen LogP contribution in [-0.2, 0) is 9.59 Å². The highest BCUT2D eigenvalue weighted by Crippen LogP contribution is 1.87. The Balaban J connectivity index is 3.73. The second-order valence-corrected chi connectivity index (χ2v) is 2.05. The zero-order valence-electron chi connectivity index (χ0n) is 6.26. The second-order valence-electron chi connectivity index (χ2n) is 2.05. The number of hydrogen-bond acceptors (Lipinski definition) is 2. The SMILES string of the molecule is CCN(C)C(=O)CC(N)=O. The topological polar surface area (TPSA) is 63.4 Å². The molecule has 0 aliphatic heterocycles. The van der Waals surface area contributed by atoms with E-state index in [1.54, 1.807) is 7.05 Å². The van der Waals surface area contributed by atoms with E-state index >= 15 is 0 Å². The minimum atomic E-state index is -0.578. The first kappa shape index (κ1) is 8.94. The van der Waals surface area contributed by atoms with Gasteiger partial charge in [0.2, 0.25) is 11.8 Å². The summed E-state index contributed by atoms with van der Waals surface area (Å²) in [6.45, 7) is 2.44. The molecule has 0 saturated carbocycles. The number of rotatable bonds is 3. The van der Waals surface area contributed by atoms with Gasteiger partial charge in [0.25, 0.3) is 0 Å². The van der Waals surface area contributed by atoms with Crippen molar-refractivity contribution in [2.24, 2.45) is 5.73 Å². The molecule has 4 heteroatoms. The summed E-state index contributed by atoms with van der Waals surface area (Å²) in [5.41, 5.74) is 4.80. The number of carbonyl (C=O) groups excluding carboxylic acids is 2. The van der Waals surface area contributed by atoms with Crippen molar-refractivity contribution >= 4 is 11.8 Å². The highest BCUT2D eigenvalue weighted by atomic mass is 16.2. The van der Waals surface area contributed by atoms with Crippen LogP contribution in [-0.4, -0.2) is 30.3 Å². The summed E-state index contributed by atoms with van der Waals surface area (Å²) < 4.78 is 0. The number of hydrogen-bond donors (Lipinski definition) is 1. The number of nitrogens with zero attached hydrogens (tertiary/aromatic N) is 1. The van der Waals surface area contributed by atoms with Gasteiger partial charge in [0, 0.05) is 13.6 Å². The molecule has 0 unspecified atom stereocenters.